The Morgan fingerprint density at radius 3 is 2.24 bits per heavy atom. The van der Waals surface area contributed by atoms with Crippen molar-refractivity contribution < 1.29 is 19.4 Å². The van der Waals surface area contributed by atoms with E-state index in [1.165, 1.54) is 0 Å². The number of aliphatic carboxylic acids is 1. The number of hydrogen-bond donors (Lipinski definition) is 3. The number of amides is 1. The van der Waals surface area contributed by atoms with Crippen molar-refractivity contribution in [2.75, 3.05) is 5.73 Å². The molecule has 0 aliphatic rings. The SMILES string of the molecule is CC(C)(C)OC(=O)NC(Cc1ccc(N)cc1)C(=O)O.Cl. The highest BCUT2D eigenvalue weighted by atomic mass is 35.5. The van der Waals surface area contributed by atoms with E-state index in [4.69, 9.17) is 15.6 Å². The summed E-state index contributed by atoms with van der Waals surface area (Å²) in [7, 11) is 0. The number of ether oxygens (including phenoxy) is 1. The Morgan fingerprint density at radius 1 is 1.29 bits per heavy atom. The Labute approximate surface area is 130 Å². The first kappa shape index (κ1) is 19.1. The predicted octanol–water partition coefficient (Wildman–Crippen LogP) is 2.21. The summed E-state index contributed by atoms with van der Waals surface area (Å²) >= 11 is 0. The lowest BCUT2D eigenvalue weighted by Crippen LogP contribution is -2.44. The maximum absolute atomic E-state index is 11.6. The van der Waals surface area contributed by atoms with E-state index in [9.17, 15) is 9.59 Å². The van der Waals surface area contributed by atoms with Gasteiger partial charge in [0.15, 0.2) is 0 Å². The molecule has 0 aliphatic carbocycles. The first-order valence-electron chi connectivity index (χ1n) is 6.24. The average Bonchev–Trinajstić information content (AvgIpc) is 2.28. The highest BCUT2D eigenvalue weighted by Gasteiger charge is 2.24. The molecule has 118 valence electrons. The molecule has 0 heterocycles. The highest BCUT2D eigenvalue weighted by Crippen LogP contribution is 2.10. The number of nitrogens with one attached hydrogen (secondary N) is 1. The zero-order chi connectivity index (χ0) is 15.3. The topological polar surface area (TPSA) is 102 Å². The van der Waals surface area contributed by atoms with Crippen LogP contribution in [0.5, 0.6) is 0 Å². The molecular formula is C14H21ClN2O4. The van der Waals surface area contributed by atoms with Gasteiger partial charge >= 0.3 is 12.1 Å². The molecule has 4 N–H and O–H groups in total. The van der Waals surface area contributed by atoms with E-state index in [0.29, 0.717) is 5.69 Å². The number of carbonyl (C=O) groups excluding carboxylic acids is 1. The normalized spacial score (nSPS) is 12.0. The lowest BCUT2D eigenvalue weighted by atomic mass is 10.1. The zero-order valence-electron chi connectivity index (χ0n) is 12.3. The van der Waals surface area contributed by atoms with Crippen molar-refractivity contribution >= 4 is 30.2 Å². The Morgan fingerprint density at radius 2 is 1.81 bits per heavy atom. The minimum atomic E-state index is -1.12. The van der Waals surface area contributed by atoms with Gasteiger partial charge in [0.2, 0.25) is 0 Å². The maximum Gasteiger partial charge on any atom is 0.408 e. The molecule has 0 saturated carbocycles. The summed E-state index contributed by atoms with van der Waals surface area (Å²) in [6, 6.07) is 5.77. The van der Waals surface area contributed by atoms with Crippen LogP contribution in [0.4, 0.5) is 10.5 Å². The van der Waals surface area contributed by atoms with Gasteiger partial charge in [0, 0.05) is 12.1 Å². The standard InChI is InChI=1S/C14H20N2O4.ClH/c1-14(2,3)20-13(19)16-11(12(17)18)8-9-4-6-10(15)7-5-9;/h4-7,11H,8,15H2,1-3H3,(H,16,19)(H,17,18);1H. The largest absolute Gasteiger partial charge is 0.480 e. The molecule has 1 unspecified atom stereocenters. The Kier molecular flexibility index (Phi) is 7.01. The van der Waals surface area contributed by atoms with E-state index in [1.54, 1.807) is 45.0 Å². The summed E-state index contributed by atoms with van der Waals surface area (Å²) in [5, 5.41) is 11.5. The molecule has 1 aromatic carbocycles. The van der Waals surface area contributed by atoms with Crippen LogP contribution in [0, 0.1) is 0 Å². The lowest BCUT2D eigenvalue weighted by molar-refractivity contribution is -0.139. The smallest absolute Gasteiger partial charge is 0.408 e. The molecule has 1 amide bonds. The molecule has 0 aromatic heterocycles. The molecule has 1 rings (SSSR count). The van der Waals surface area contributed by atoms with Crippen molar-refractivity contribution in [3.05, 3.63) is 29.8 Å². The fourth-order valence-electron chi connectivity index (χ4n) is 1.54. The number of anilines is 1. The first-order valence-corrected chi connectivity index (χ1v) is 6.24. The lowest BCUT2D eigenvalue weighted by Gasteiger charge is -2.22. The number of carboxylic acids is 1. The van der Waals surface area contributed by atoms with Crippen LogP contribution in [0.3, 0.4) is 0 Å². The number of nitrogen functional groups attached to an aromatic ring is 1. The van der Waals surface area contributed by atoms with Gasteiger partial charge < -0.3 is 20.9 Å². The van der Waals surface area contributed by atoms with Gasteiger partial charge in [0.05, 0.1) is 0 Å². The molecule has 6 nitrogen and oxygen atoms in total. The number of carboxylic acid groups (broad SMARTS) is 1. The summed E-state index contributed by atoms with van der Waals surface area (Å²) in [6.07, 6.45) is -0.588. The second kappa shape index (κ2) is 7.73. The van der Waals surface area contributed by atoms with Crippen molar-refractivity contribution in [2.24, 2.45) is 0 Å². The molecule has 0 aliphatic heterocycles. The van der Waals surface area contributed by atoms with E-state index < -0.39 is 23.7 Å². The summed E-state index contributed by atoms with van der Waals surface area (Å²) in [6.45, 7) is 5.13. The van der Waals surface area contributed by atoms with Crippen molar-refractivity contribution in [1.29, 1.82) is 0 Å². The number of nitrogens with two attached hydrogens (primary N) is 1. The van der Waals surface area contributed by atoms with Gasteiger partial charge in [0.25, 0.3) is 0 Å². The van der Waals surface area contributed by atoms with E-state index in [-0.39, 0.29) is 18.8 Å². The molecule has 1 aromatic rings. The Balaban J connectivity index is 0.00000400. The number of carbonyl (C=O) groups is 2. The third-order valence-corrected chi connectivity index (χ3v) is 2.41. The van der Waals surface area contributed by atoms with Crippen LogP contribution in [0.25, 0.3) is 0 Å². The quantitative estimate of drug-likeness (QED) is 0.739. The highest BCUT2D eigenvalue weighted by molar-refractivity contribution is 5.85. The third kappa shape index (κ3) is 7.41. The number of halogens is 1. The molecule has 0 bridgehead atoms. The summed E-state index contributed by atoms with van der Waals surface area (Å²) in [4.78, 5) is 22.8. The molecule has 0 spiro atoms. The fourth-order valence-corrected chi connectivity index (χ4v) is 1.54. The van der Waals surface area contributed by atoms with Crippen LogP contribution in [0.15, 0.2) is 24.3 Å². The van der Waals surface area contributed by atoms with Crippen molar-refractivity contribution in [2.45, 2.75) is 38.8 Å². The van der Waals surface area contributed by atoms with Gasteiger partial charge in [0.1, 0.15) is 11.6 Å². The molecule has 21 heavy (non-hydrogen) atoms. The Bertz CT molecular complexity index is 483. The van der Waals surface area contributed by atoms with E-state index >= 15 is 0 Å². The number of alkyl carbamates (subject to hydrolysis) is 1. The van der Waals surface area contributed by atoms with Crippen LogP contribution < -0.4 is 11.1 Å². The molecule has 0 saturated heterocycles. The minimum absolute atomic E-state index is 0. The zero-order valence-corrected chi connectivity index (χ0v) is 13.1. The first-order chi connectivity index (χ1) is 9.17. The van der Waals surface area contributed by atoms with Gasteiger partial charge in [-0.1, -0.05) is 12.1 Å². The van der Waals surface area contributed by atoms with E-state index in [2.05, 4.69) is 5.32 Å². The molecular weight excluding hydrogens is 296 g/mol. The maximum atomic E-state index is 11.6. The van der Waals surface area contributed by atoms with E-state index in [1.807, 2.05) is 0 Å². The van der Waals surface area contributed by atoms with Gasteiger partial charge in [-0.25, -0.2) is 9.59 Å². The third-order valence-electron chi connectivity index (χ3n) is 2.41. The molecule has 7 heteroatoms. The van der Waals surface area contributed by atoms with E-state index in [0.717, 1.165) is 5.56 Å². The van der Waals surface area contributed by atoms with Gasteiger partial charge in [-0.3, -0.25) is 0 Å². The van der Waals surface area contributed by atoms with Crippen molar-refractivity contribution in [3.8, 4) is 0 Å². The summed E-state index contributed by atoms with van der Waals surface area (Å²) in [5.74, 6) is -1.12. The van der Waals surface area contributed by atoms with Crippen LogP contribution in [0.1, 0.15) is 26.3 Å². The van der Waals surface area contributed by atoms with Gasteiger partial charge in [-0.15, -0.1) is 12.4 Å². The van der Waals surface area contributed by atoms with Crippen LogP contribution >= 0.6 is 12.4 Å². The minimum Gasteiger partial charge on any atom is -0.480 e. The second-order valence-electron chi connectivity index (χ2n) is 5.48. The van der Waals surface area contributed by atoms with Gasteiger partial charge in [-0.2, -0.15) is 0 Å². The van der Waals surface area contributed by atoms with Gasteiger partial charge in [-0.05, 0) is 38.5 Å². The Hall–Kier alpha value is -1.95. The van der Waals surface area contributed by atoms with Crippen LogP contribution in [-0.2, 0) is 16.0 Å². The second-order valence-corrected chi connectivity index (χ2v) is 5.48. The predicted molar refractivity (Wildman–Crippen MR) is 82.6 cm³/mol. The number of benzene rings is 1. The molecule has 0 radical (unpaired) electrons. The number of rotatable bonds is 4. The number of hydrogen-bond acceptors (Lipinski definition) is 4. The summed E-state index contributed by atoms with van der Waals surface area (Å²) < 4.78 is 5.04. The van der Waals surface area contributed by atoms with Crippen LogP contribution in [0.2, 0.25) is 0 Å². The average molecular weight is 317 g/mol. The molecule has 1 atom stereocenters. The molecule has 0 fully saturated rings. The van der Waals surface area contributed by atoms with Crippen molar-refractivity contribution in [3.63, 3.8) is 0 Å². The monoisotopic (exact) mass is 316 g/mol. The van der Waals surface area contributed by atoms with Crippen LogP contribution in [-0.4, -0.2) is 28.8 Å². The fraction of sp³-hybridized carbons (Fsp3) is 0.429. The summed E-state index contributed by atoms with van der Waals surface area (Å²) in [5.41, 5.74) is 6.25. The van der Waals surface area contributed by atoms with Crippen molar-refractivity contribution in [1.82, 2.24) is 5.32 Å².